The third kappa shape index (κ3) is 4.43. The van der Waals surface area contributed by atoms with Crippen molar-refractivity contribution in [2.24, 2.45) is 0 Å². The molecule has 1 N–H and O–H groups in total. The van der Waals surface area contributed by atoms with Gasteiger partial charge >= 0.3 is 5.97 Å². The maximum Gasteiger partial charge on any atom is 0.328 e. The second-order valence-corrected chi connectivity index (χ2v) is 5.87. The first-order valence-electron chi connectivity index (χ1n) is 6.43. The number of carbonyl (C=O) groups is 1. The number of carboxylic acid groups (broad SMARTS) is 1. The fourth-order valence-corrected chi connectivity index (χ4v) is 1.96. The zero-order valence-electron chi connectivity index (χ0n) is 12.4. The second-order valence-electron chi connectivity index (χ2n) is 5.87. The molecule has 0 radical (unpaired) electrons. The van der Waals surface area contributed by atoms with Crippen LogP contribution in [0.5, 0.6) is 0 Å². The van der Waals surface area contributed by atoms with Gasteiger partial charge in [-0.05, 0) is 29.5 Å². The van der Waals surface area contributed by atoms with Gasteiger partial charge in [-0.1, -0.05) is 39.0 Å². The van der Waals surface area contributed by atoms with Crippen molar-refractivity contribution in [3.05, 3.63) is 41.5 Å². The van der Waals surface area contributed by atoms with Crippen LogP contribution in [0.4, 0.5) is 5.69 Å². The van der Waals surface area contributed by atoms with Gasteiger partial charge in [0.2, 0.25) is 0 Å². The van der Waals surface area contributed by atoms with Crippen molar-refractivity contribution in [3.8, 4) is 0 Å². The number of benzene rings is 1. The van der Waals surface area contributed by atoms with Gasteiger partial charge in [-0.25, -0.2) is 4.79 Å². The van der Waals surface area contributed by atoms with Crippen LogP contribution in [0.3, 0.4) is 0 Å². The largest absolute Gasteiger partial charge is 0.478 e. The Morgan fingerprint density at radius 1 is 1.37 bits per heavy atom. The Morgan fingerprint density at radius 2 is 2.00 bits per heavy atom. The first kappa shape index (κ1) is 15.3. The quantitative estimate of drug-likeness (QED) is 0.845. The Bertz CT molecular complexity index is 484. The number of likely N-dealkylation sites (N-methyl/N-ethyl adjacent to an activating group) is 1. The summed E-state index contributed by atoms with van der Waals surface area (Å²) in [6, 6.07) is 6.44. The minimum absolute atomic E-state index is 0.144. The lowest BCUT2D eigenvalue weighted by Gasteiger charge is -2.24. The third-order valence-electron chi connectivity index (χ3n) is 3.11. The molecule has 0 saturated heterocycles. The van der Waals surface area contributed by atoms with E-state index < -0.39 is 5.97 Å². The molecule has 0 atom stereocenters. The van der Waals surface area contributed by atoms with Crippen molar-refractivity contribution in [1.29, 1.82) is 0 Å². The summed E-state index contributed by atoms with van der Waals surface area (Å²) in [6.07, 6.45) is 2.83. The molecule has 0 aliphatic carbocycles. The van der Waals surface area contributed by atoms with Crippen LogP contribution in [0, 0.1) is 6.92 Å². The molecule has 0 unspecified atom stereocenters. The summed E-state index contributed by atoms with van der Waals surface area (Å²) in [5.41, 5.74) is 3.79. The molecule has 1 aromatic rings. The molecule has 1 rings (SSSR count). The number of carboxylic acids is 1. The fraction of sp³-hybridized carbons (Fsp3) is 0.438. The molecule has 0 fully saturated rings. The number of nitrogens with zero attached hydrogens (tertiary/aromatic N) is 1. The predicted molar refractivity (Wildman–Crippen MR) is 79.9 cm³/mol. The zero-order chi connectivity index (χ0) is 14.6. The Hall–Kier alpha value is -1.77. The van der Waals surface area contributed by atoms with Crippen LogP contribution in [0.2, 0.25) is 0 Å². The number of hydrogen-bond acceptors (Lipinski definition) is 2. The van der Waals surface area contributed by atoms with E-state index in [0.717, 1.165) is 5.69 Å². The van der Waals surface area contributed by atoms with Gasteiger partial charge in [-0.15, -0.1) is 0 Å². The van der Waals surface area contributed by atoms with Crippen molar-refractivity contribution in [1.82, 2.24) is 0 Å². The molecule has 0 aliphatic rings. The molecule has 104 valence electrons. The SMILES string of the molecule is Cc1cc(C(C)(C)C)ccc1N(C)C/C=C/C(=O)O. The Morgan fingerprint density at radius 3 is 2.47 bits per heavy atom. The van der Waals surface area contributed by atoms with Gasteiger partial charge in [-0.3, -0.25) is 0 Å². The number of anilines is 1. The molecule has 0 bridgehead atoms. The highest BCUT2D eigenvalue weighted by Gasteiger charge is 2.15. The summed E-state index contributed by atoms with van der Waals surface area (Å²) in [4.78, 5) is 12.5. The van der Waals surface area contributed by atoms with Gasteiger partial charge in [0.25, 0.3) is 0 Å². The summed E-state index contributed by atoms with van der Waals surface area (Å²) in [5.74, 6) is -0.909. The van der Waals surface area contributed by atoms with E-state index in [1.807, 2.05) is 11.9 Å². The number of aryl methyl sites for hydroxylation is 1. The van der Waals surface area contributed by atoms with Crippen LogP contribution in [0.15, 0.2) is 30.4 Å². The van der Waals surface area contributed by atoms with Crippen LogP contribution in [0.1, 0.15) is 31.9 Å². The molecule has 0 aliphatic heterocycles. The standard InChI is InChI=1S/C16H23NO2/c1-12-11-13(16(2,3)4)8-9-14(12)17(5)10-6-7-15(18)19/h6-9,11H,10H2,1-5H3,(H,18,19)/b7-6+. The van der Waals surface area contributed by atoms with E-state index in [-0.39, 0.29) is 5.41 Å². The van der Waals surface area contributed by atoms with E-state index in [4.69, 9.17) is 5.11 Å². The average molecular weight is 261 g/mol. The van der Waals surface area contributed by atoms with Crippen molar-refractivity contribution < 1.29 is 9.90 Å². The van der Waals surface area contributed by atoms with Crippen LogP contribution in [-0.4, -0.2) is 24.7 Å². The summed E-state index contributed by atoms with van der Waals surface area (Å²) in [7, 11) is 1.96. The lowest BCUT2D eigenvalue weighted by atomic mass is 9.86. The molecule has 3 nitrogen and oxygen atoms in total. The van der Waals surface area contributed by atoms with Crippen molar-refractivity contribution >= 4 is 11.7 Å². The van der Waals surface area contributed by atoms with Gasteiger partial charge in [0, 0.05) is 25.4 Å². The number of aliphatic carboxylic acids is 1. The lowest BCUT2D eigenvalue weighted by molar-refractivity contribution is -0.131. The molecule has 0 amide bonds. The van der Waals surface area contributed by atoms with Crippen molar-refractivity contribution in [3.63, 3.8) is 0 Å². The van der Waals surface area contributed by atoms with Crippen molar-refractivity contribution in [2.75, 3.05) is 18.5 Å². The molecular formula is C16H23NO2. The Kier molecular flexibility index (Phi) is 4.76. The van der Waals surface area contributed by atoms with Gasteiger partial charge in [0.1, 0.15) is 0 Å². The predicted octanol–water partition coefficient (Wildman–Crippen LogP) is 3.37. The molecule has 0 spiro atoms. The van der Waals surface area contributed by atoms with E-state index >= 15 is 0 Å². The summed E-state index contributed by atoms with van der Waals surface area (Å²) in [5, 5.41) is 8.57. The fourth-order valence-electron chi connectivity index (χ4n) is 1.96. The molecular weight excluding hydrogens is 238 g/mol. The third-order valence-corrected chi connectivity index (χ3v) is 3.11. The zero-order valence-corrected chi connectivity index (χ0v) is 12.4. The van der Waals surface area contributed by atoms with Gasteiger partial charge in [-0.2, -0.15) is 0 Å². The van der Waals surface area contributed by atoms with E-state index in [9.17, 15) is 4.79 Å². The Balaban J connectivity index is 2.87. The monoisotopic (exact) mass is 261 g/mol. The highest BCUT2D eigenvalue weighted by molar-refractivity contribution is 5.79. The molecule has 19 heavy (non-hydrogen) atoms. The molecule has 3 heteroatoms. The maximum atomic E-state index is 10.4. The summed E-state index contributed by atoms with van der Waals surface area (Å²) >= 11 is 0. The molecule has 0 heterocycles. The number of rotatable bonds is 4. The lowest BCUT2D eigenvalue weighted by Crippen LogP contribution is -2.19. The molecule has 0 aromatic heterocycles. The van der Waals surface area contributed by atoms with E-state index in [1.165, 1.54) is 17.2 Å². The van der Waals surface area contributed by atoms with Gasteiger partial charge < -0.3 is 10.0 Å². The molecule has 1 aromatic carbocycles. The van der Waals surface area contributed by atoms with Gasteiger partial charge in [0.15, 0.2) is 0 Å². The van der Waals surface area contributed by atoms with Crippen LogP contribution >= 0.6 is 0 Å². The minimum atomic E-state index is -0.909. The van der Waals surface area contributed by atoms with Crippen LogP contribution in [-0.2, 0) is 10.2 Å². The average Bonchev–Trinajstić information content (AvgIpc) is 2.26. The number of hydrogen-bond donors (Lipinski definition) is 1. The Labute approximate surface area is 115 Å². The van der Waals surface area contributed by atoms with E-state index in [2.05, 4.69) is 45.9 Å². The normalized spacial score (nSPS) is 11.8. The summed E-state index contributed by atoms with van der Waals surface area (Å²) in [6.45, 7) is 9.26. The first-order valence-corrected chi connectivity index (χ1v) is 6.43. The minimum Gasteiger partial charge on any atom is -0.478 e. The van der Waals surface area contributed by atoms with Crippen LogP contribution in [0.25, 0.3) is 0 Å². The summed E-state index contributed by atoms with van der Waals surface area (Å²) < 4.78 is 0. The van der Waals surface area contributed by atoms with Crippen LogP contribution < -0.4 is 4.90 Å². The van der Waals surface area contributed by atoms with Gasteiger partial charge in [0.05, 0.1) is 0 Å². The topological polar surface area (TPSA) is 40.5 Å². The second kappa shape index (κ2) is 5.91. The smallest absolute Gasteiger partial charge is 0.328 e. The highest BCUT2D eigenvalue weighted by atomic mass is 16.4. The molecule has 0 saturated carbocycles. The first-order chi connectivity index (χ1) is 8.71. The van der Waals surface area contributed by atoms with E-state index in [1.54, 1.807) is 6.08 Å². The van der Waals surface area contributed by atoms with Crippen molar-refractivity contribution in [2.45, 2.75) is 33.1 Å². The van der Waals surface area contributed by atoms with E-state index in [0.29, 0.717) is 6.54 Å². The maximum absolute atomic E-state index is 10.4. The highest BCUT2D eigenvalue weighted by Crippen LogP contribution is 2.27.